The monoisotopic (exact) mass is 414 g/mol. The lowest BCUT2D eigenvalue weighted by molar-refractivity contribution is 0.313. The molecule has 1 N–H and O–H groups in total. The fourth-order valence-electron chi connectivity index (χ4n) is 4.96. The summed E-state index contributed by atoms with van der Waals surface area (Å²) in [6, 6.07) is 10.7. The molecule has 0 spiro atoms. The number of hydrogen-bond acceptors (Lipinski definition) is 3. The lowest BCUT2D eigenvalue weighted by Crippen LogP contribution is -2.44. The topological polar surface area (TPSA) is 44.3 Å². The van der Waals surface area contributed by atoms with E-state index in [2.05, 4.69) is 78.0 Å². The number of hydrogen-bond donors (Lipinski definition) is 1. The number of H-pyrrole nitrogens is 1. The summed E-state index contributed by atoms with van der Waals surface area (Å²) in [5.41, 5.74) is 6.36. The molecule has 0 radical (unpaired) electrons. The average molecular weight is 415 g/mol. The Morgan fingerprint density at radius 3 is 2.48 bits per heavy atom. The van der Waals surface area contributed by atoms with Gasteiger partial charge in [-0.15, -0.1) is 0 Å². The van der Waals surface area contributed by atoms with Gasteiger partial charge in [0.05, 0.1) is 10.9 Å². The van der Waals surface area contributed by atoms with Gasteiger partial charge in [-0.05, 0) is 57.1 Å². The molecule has 2 aromatic heterocycles. The zero-order valence-electron chi connectivity index (χ0n) is 18.8. The van der Waals surface area contributed by atoms with Crippen molar-refractivity contribution in [3.8, 4) is 0 Å². The number of likely N-dealkylation sites (N-methyl/N-ethyl adjacent to an activating group) is 1. The van der Waals surface area contributed by atoms with Crippen LogP contribution in [0, 0.1) is 6.92 Å². The largest absolute Gasteiger partial charge is 0.368 e. The quantitative estimate of drug-likeness (QED) is 0.517. The first-order valence-corrected chi connectivity index (χ1v) is 11.1. The third-order valence-electron chi connectivity index (χ3n) is 6.63. The number of piperazine rings is 1. The predicted octanol–water partition coefficient (Wildman–Crippen LogP) is 4.92. The van der Waals surface area contributed by atoms with Crippen LogP contribution in [0.15, 0.2) is 41.7 Å². The van der Waals surface area contributed by atoms with Crippen molar-refractivity contribution in [3.63, 3.8) is 0 Å². The smallest absolute Gasteiger partial charge is 0.199 e. The maximum atomic E-state index is 13.7. The first-order chi connectivity index (χ1) is 14.9. The van der Waals surface area contributed by atoms with E-state index in [0.717, 1.165) is 70.3 Å². The highest BCUT2D eigenvalue weighted by Crippen LogP contribution is 2.33. The van der Waals surface area contributed by atoms with Gasteiger partial charge in [0, 0.05) is 54.2 Å². The maximum Gasteiger partial charge on any atom is 0.199 e. The molecule has 0 atom stereocenters. The van der Waals surface area contributed by atoms with Crippen LogP contribution in [0.1, 0.15) is 31.0 Å². The highest BCUT2D eigenvalue weighted by Gasteiger charge is 2.22. The van der Waals surface area contributed by atoms with Crippen molar-refractivity contribution in [2.75, 3.05) is 38.1 Å². The molecule has 1 fully saturated rings. The first-order valence-electron chi connectivity index (χ1n) is 11.1. The van der Waals surface area contributed by atoms with Crippen LogP contribution in [0.5, 0.6) is 0 Å². The Bertz CT molecular complexity index is 1380. The second kappa shape index (κ2) is 7.27. The molecule has 2 aromatic carbocycles. The molecule has 0 unspecified atom stereocenters. The van der Waals surface area contributed by atoms with Crippen LogP contribution < -0.4 is 10.3 Å². The van der Waals surface area contributed by atoms with E-state index >= 15 is 0 Å². The van der Waals surface area contributed by atoms with Gasteiger partial charge in [-0.1, -0.05) is 24.8 Å². The number of nitrogens with one attached hydrogen (secondary N) is 1. The molecule has 1 aliphatic rings. The van der Waals surface area contributed by atoms with Crippen LogP contribution in [0.3, 0.4) is 0 Å². The van der Waals surface area contributed by atoms with Crippen molar-refractivity contribution in [2.45, 2.75) is 26.8 Å². The molecule has 0 aliphatic carbocycles. The van der Waals surface area contributed by atoms with Gasteiger partial charge in [0.25, 0.3) is 0 Å². The number of aromatic amines is 1. The molecule has 5 nitrogen and oxygen atoms in total. The predicted molar refractivity (Wildman–Crippen MR) is 132 cm³/mol. The maximum absolute atomic E-state index is 13.7. The van der Waals surface area contributed by atoms with Gasteiger partial charge < -0.3 is 19.4 Å². The molecule has 0 saturated carbocycles. The van der Waals surface area contributed by atoms with E-state index in [0.29, 0.717) is 0 Å². The summed E-state index contributed by atoms with van der Waals surface area (Å²) in [7, 11) is 2.16. The second-order valence-corrected chi connectivity index (χ2v) is 9.11. The number of fused-ring (bicyclic) bond motifs is 4. The number of benzene rings is 2. The zero-order chi connectivity index (χ0) is 21.9. The fraction of sp³-hybridized carbons (Fsp3) is 0.346. The molecule has 4 aromatic rings. The summed E-state index contributed by atoms with van der Waals surface area (Å²) in [5, 5.41) is 2.53. The van der Waals surface area contributed by atoms with Gasteiger partial charge in [0.15, 0.2) is 5.43 Å². The molecule has 160 valence electrons. The van der Waals surface area contributed by atoms with Gasteiger partial charge in [0.2, 0.25) is 0 Å². The molecule has 31 heavy (non-hydrogen) atoms. The molecular weight excluding hydrogens is 384 g/mol. The molecule has 5 rings (SSSR count). The van der Waals surface area contributed by atoms with Crippen molar-refractivity contribution in [3.05, 3.63) is 58.3 Å². The standard InChI is InChI=1S/C26H30N4O/c1-6-18-14-20-23(15-22(18)29-11-9-28(5)10-12-29)30(16(2)3)26-24(25(20)31)19-8-7-17(4)13-21(19)27-26/h6-8,13-16,27H,1,9-12H2,2-5H3. The lowest BCUT2D eigenvalue weighted by atomic mass is 10.0. The molecular formula is C26H30N4O. The van der Waals surface area contributed by atoms with Crippen LogP contribution in [0.4, 0.5) is 5.69 Å². The Balaban J connectivity index is 1.88. The minimum Gasteiger partial charge on any atom is -0.368 e. The number of rotatable bonds is 3. The third-order valence-corrected chi connectivity index (χ3v) is 6.63. The Hall–Kier alpha value is -3.05. The number of nitrogens with zero attached hydrogens (tertiary/aromatic N) is 3. The number of aryl methyl sites for hydroxylation is 1. The van der Waals surface area contributed by atoms with Crippen LogP contribution >= 0.6 is 0 Å². The average Bonchev–Trinajstić information content (AvgIpc) is 3.11. The normalized spacial score (nSPS) is 15.6. The van der Waals surface area contributed by atoms with E-state index in [4.69, 9.17) is 0 Å². The molecule has 1 saturated heterocycles. The van der Waals surface area contributed by atoms with Crippen molar-refractivity contribution >= 4 is 44.6 Å². The van der Waals surface area contributed by atoms with E-state index in [9.17, 15) is 4.79 Å². The highest BCUT2D eigenvalue weighted by atomic mass is 16.1. The first kappa shape index (κ1) is 19.9. The van der Waals surface area contributed by atoms with E-state index in [-0.39, 0.29) is 11.5 Å². The van der Waals surface area contributed by atoms with E-state index < -0.39 is 0 Å². The van der Waals surface area contributed by atoms with E-state index in [1.807, 2.05) is 12.1 Å². The van der Waals surface area contributed by atoms with Crippen molar-refractivity contribution in [1.82, 2.24) is 14.5 Å². The van der Waals surface area contributed by atoms with Crippen molar-refractivity contribution in [2.24, 2.45) is 0 Å². The summed E-state index contributed by atoms with van der Waals surface area (Å²) in [6.45, 7) is 14.5. The van der Waals surface area contributed by atoms with Gasteiger partial charge in [-0.25, -0.2) is 0 Å². The minimum atomic E-state index is 0.0880. The molecule has 3 heterocycles. The zero-order valence-corrected chi connectivity index (χ0v) is 18.8. The van der Waals surface area contributed by atoms with Gasteiger partial charge in [0.1, 0.15) is 5.65 Å². The molecule has 5 heteroatoms. The highest BCUT2D eigenvalue weighted by molar-refractivity contribution is 6.10. The van der Waals surface area contributed by atoms with Gasteiger partial charge in [-0.3, -0.25) is 4.79 Å². The Labute approximate surface area is 182 Å². The molecule has 1 aliphatic heterocycles. The van der Waals surface area contributed by atoms with Crippen LogP contribution in [0.25, 0.3) is 38.9 Å². The van der Waals surface area contributed by atoms with Crippen molar-refractivity contribution < 1.29 is 0 Å². The third kappa shape index (κ3) is 3.07. The molecule has 0 amide bonds. The van der Waals surface area contributed by atoms with E-state index in [1.54, 1.807) is 0 Å². The fourth-order valence-corrected chi connectivity index (χ4v) is 4.96. The molecule has 0 bridgehead atoms. The Morgan fingerprint density at radius 1 is 1.06 bits per heavy atom. The number of anilines is 1. The minimum absolute atomic E-state index is 0.0880. The van der Waals surface area contributed by atoms with E-state index in [1.165, 1.54) is 5.56 Å². The summed E-state index contributed by atoms with van der Waals surface area (Å²) < 4.78 is 2.29. The Morgan fingerprint density at radius 2 is 1.81 bits per heavy atom. The summed E-state index contributed by atoms with van der Waals surface area (Å²) in [4.78, 5) is 22.1. The van der Waals surface area contributed by atoms with Gasteiger partial charge in [-0.2, -0.15) is 0 Å². The van der Waals surface area contributed by atoms with Crippen LogP contribution in [0.2, 0.25) is 0 Å². The number of pyridine rings is 1. The summed E-state index contributed by atoms with van der Waals surface area (Å²) in [6.07, 6.45) is 1.88. The Kier molecular flexibility index (Phi) is 4.67. The van der Waals surface area contributed by atoms with Crippen LogP contribution in [-0.4, -0.2) is 47.7 Å². The van der Waals surface area contributed by atoms with Crippen LogP contribution in [-0.2, 0) is 0 Å². The van der Waals surface area contributed by atoms with Gasteiger partial charge >= 0.3 is 0 Å². The SMILES string of the molecule is C=Cc1cc2c(=O)c3c4ccc(C)cc4[nH]c3n(C(C)C)c2cc1N1CCN(C)CC1. The second-order valence-electron chi connectivity index (χ2n) is 9.11. The summed E-state index contributed by atoms with van der Waals surface area (Å²) >= 11 is 0. The van der Waals surface area contributed by atoms with Crippen molar-refractivity contribution in [1.29, 1.82) is 0 Å². The summed E-state index contributed by atoms with van der Waals surface area (Å²) in [5.74, 6) is 0. The number of aromatic nitrogens is 2. The lowest BCUT2D eigenvalue weighted by Gasteiger charge is -2.35.